The van der Waals surface area contributed by atoms with Gasteiger partial charge in [-0.1, -0.05) is 0 Å². The second kappa shape index (κ2) is 15.0. The Morgan fingerprint density at radius 1 is 0.241 bits per heavy atom. The van der Waals surface area contributed by atoms with Crippen LogP contribution in [0.3, 0.4) is 0 Å². The summed E-state index contributed by atoms with van der Waals surface area (Å²) in [6.45, 7) is -8.65. The zero-order valence-electron chi connectivity index (χ0n) is 29.7. The van der Waals surface area contributed by atoms with E-state index in [1.165, 1.54) is 0 Å². The summed E-state index contributed by atoms with van der Waals surface area (Å²) in [6.07, 6.45) is 0. The van der Waals surface area contributed by atoms with E-state index in [2.05, 4.69) is 194 Å². The minimum absolute atomic E-state index is 0.955. The molecular formula is C48H41O3P3. The SMILES string of the molecule is OP(OP(c1ccccc1)(c1ccccc1)(c1ccccc1)c1ccccc1)OP(c1ccccc1)(c1ccccc1)(c1ccccc1)c1ccccc1. The summed E-state index contributed by atoms with van der Waals surface area (Å²) < 4.78 is 15.8. The summed E-state index contributed by atoms with van der Waals surface area (Å²) in [5.74, 6) is 0. The van der Waals surface area contributed by atoms with Crippen molar-refractivity contribution in [3.63, 3.8) is 0 Å². The Morgan fingerprint density at radius 2 is 0.370 bits per heavy atom. The zero-order valence-corrected chi connectivity index (χ0v) is 32.4. The molecule has 0 spiro atoms. The molecule has 8 rings (SSSR count). The van der Waals surface area contributed by atoms with Crippen LogP contribution in [0.15, 0.2) is 243 Å². The van der Waals surface area contributed by atoms with E-state index in [1.807, 2.05) is 48.5 Å². The topological polar surface area (TPSA) is 38.7 Å². The molecule has 0 unspecified atom stereocenters. The van der Waals surface area contributed by atoms with Crippen molar-refractivity contribution >= 4 is 64.7 Å². The van der Waals surface area contributed by atoms with Crippen LogP contribution in [0, 0.1) is 0 Å². The summed E-state index contributed by atoms with van der Waals surface area (Å²) in [5.41, 5.74) is 0. The molecule has 0 saturated carbocycles. The Hall–Kier alpha value is -5.07. The van der Waals surface area contributed by atoms with Gasteiger partial charge in [0.2, 0.25) is 0 Å². The van der Waals surface area contributed by atoms with Crippen LogP contribution in [-0.4, -0.2) is 4.89 Å². The van der Waals surface area contributed by atoms with E-state index >= 15 is 0 Å². The van der Waals surface area contributed by atoms with Gasteiger partial charge in [-0.3, -0.25) is 0 Å². The van der Waals surface area contributed by atoms with Crippen molar-refractivity contribution in [2.75, 3.05) is 0 Å². The molecule has 0 fully saturated rings. The Kier molecular flexibility index (Phi) is 9.97. The third kappa shape index (κ3) is 5.44. The molecule has 0 aliphatic carbocycles. The summed E-state index contributed by atoms with van der Waals surface area (Å²) in [6, 6.07) is 83.2. The van der Waals surface area contributed by atoms with Crippen LogP contribution < -0.4 is 42.4 Å². The van der Waals surface area contributed by atoms with Gasteiger partial charge >= 0.3 is 321 Å². The van der Waals surface area contributed by atoms with Gasteiger partial charge in [0.05, 0.1) is 0 Å². The molecule has 0 atom stereocenters. The fraction of sp³-hybridized carbons (Fsp3) is 0. The van der Waals surface area contributed by atoms with Gasteiger partial charge in [-0.2, -0.15) is 0 Å². The summed E-state index contributed by atoms with van der Waals surface area (Å²) in [7, 11) is -2.73. The van der Waals surface area contributed by atoms with E-state index < -0.39 is 22.3 Å². The van der Waals surface area contributed by atoms with Gasteiger partial charge in [0.15, 0.2) is 0 Å². The fourth-order valence-corrected chi connectivity index (χ4v) is 23.3. The molecule has 0 aromatic heterocycles. The second-order valence-corrected chi connectivity index (χ2v) is 23.2. The van der Waals surface area contributed by atoms with Crippen LogP contribution >= 0.6 is 22.3 Å². The molecule has 8 aromatic rings. The van der Waals surface area contributed by atoms with Crippen LogP contribution in [0.4, 0.5) is 0 Å². The number of benzene rings is 8. The van der Waals surface area contributed by atoms with Gasteiger partial charge in [0.25, 0.3) is 0 Å². The summed E-state index contributed by atoms with van der Waals surface area (Å²) in [5, 5.41) is 7.64. The summed E-state index contributed by atoms with van der Waals surface area (Å²) in [4.78, 5) is 13.4. The molecule has 8 aromatic carbocycles. The third-order valence-electron chi connectivity index (χ3n) is 10.5. The van der Waals surface area contributed by atoms with E-state index in [4.69, 9.17) is 8.62 Å². The standard InChI is InChI=1S/C48H41O3P3/c49-52(50-53(41-25-9-1-10-26-41,42-27-11-2-12-28-42,43-29-13-3-14-30-43)44-31-15-4-16-32-44)51-54(45-33-17-5-18-34-45,46-35-19-6-20-36-46,47-37-21-7-22-38-47)48-39-23-8-24-40-48/h1-40,49H. The maximum atomic E-state index is 13.4. The van der Waals surface area contributed by atoms with Gasteiger partial charge in [0.1, 0.15) is 0 Å². The van der Waals surface area contributed by atoms with Crippen molar-refractivity contribution in [1.29, 1.82) is 0 Å². The Labute approximate surface area is 319 Å². The monoisotopic (exact) mass is 758 g/mol. The van der Waals surface area contributed by atoms with Crippen LogP contribution in [0.1, 0.15) is 0 Å². The summed E-state index contributed by atoms with van der Waals surface area (Å²) >= 11 is 0. The third-order valence-corrected chi connectivity index (χ3v) is 24.5. The average Bonchev–Trinajstić information content (AvgIpc) is 3.27. The van der Waals surface area contributed by atoms with Crippen molar-refractivity contribution < 1.29 is 13.5 Å². The van der Waals surface area contributed by atoms with Crippen molar-refractivity contribution in [3.05, 3.63) is 243 Å². The second-order valence-electron chi connectivity index (χ2n) is 13.2. The van der Waals surface area contributed by atoms with Gasteiger partial charge in [-0.25, -0.2) is 0 Å². The predicted octanol–water partition coefficient (Wildman–Crippen LogP) is 8.78. The quantitative estimate of drug-likeness (QED) is 0.127. The Balaban J connectivity index is 1.52. The first-order valence-corrected chi connectivity index (χ1v) is 23.4. The number of hydrogen-bond donors (Lipinski definition) is 1. The van der Waals surface area contributed by atoms with Gasteiger partial charge in [-0.15, -0.1) is 0 Å². The molecule has 1 N–H and O–H groups in total. The normalized spacial score (nSPS) is 13.8. The van der Waals surface area contributed by atoms with E-state index in [1.54, 1.807) is 0 Å². The van der Waals surface area contributed by atoms with E-state index in [-0.39, 0.29) is 0 Å². The number of rotatable bonds is 12. The number of hydrogen-bond acceptors (Lipinski definition) is 3. The van der Waals surface area contributed by atoms with Gasteiger partial charge < -0.3 is 0 Å². The average molecular weight is 759 g/mol. The van der Waals surface area contributed by atoms with Gasteiger partial charge in [-0.05, 0) is 0 Å². The molecule has 3 nitrogen and oxygen atoms in total. The van der Waals surface area contributed by atoms with Crippen molar-refractivity contribution in [2.24, 2.45) is 0 Å². The zero-order chi connectivity index (χ0) is 36.8. The molecule has 0 amide bonds. The molecular weight excluding hydrogens is 717 g/mol. The van der Waals surface area contributed by atoms with Crippen LogP contribution in [0.2, 0.25) is 0 Å². The Bertz CT molecular complexity index is 1890. The first-order valence-electron chi connectivity index (χ1n) is 18.0. The molecule has 0 heterocycles. The molecule has 0 radical (unpaired) electrons. The molecule has 0 saturated heterocycles. The predicted molar refractivity (Wildman–Crippen MR) is 234 cm³/mol. The first-order chi connectivity index (χ1) is 26.6. The van der Waals surface area contributed by atoms with E-state index in [0.717, 1.165) is 42.4 Å². The maximum absolute atomic E-state index is 13.4. The Morgan fingerprint density at radius 3 is 0.500 bits per heavy atom. The van der Waals surface area contributed by atoms with Crippen molar-refractivity contribution in [1.82, 2.24) is 0 Å². The van der Waals surface area contributed by atoms with Crippen molar-refractivity contribution in [3.8, 4) is 0 Å². The fourth-order valence-electron chi connectivity index (χ4n) is 8.16. The van der Waals surface area contributed by atoms with Crippen LogP contribution in [0.5, 0.6) is 0 Å². The molecule has 0 bridgehead atoms. The van der Waals surface area contributed by atoms with Crippen LogP contribution in [-0.2, 0) is 8.62 Å². The first kappa shape index (κ1) is 35.9. The van der Waals surface area contributed by atoms with E-state index in [9.17, 15) is 4.89 Å². The van der Waals surface area contributed by atoms with E-state index in [0.29, 0.717) is 0 Å². The molecule has 6 heteroatoms. The molecule has 54 heavy (non-hydrogen) atoms. The van der Waals surface area contributed by atoms with Crippen LogP contribution in [0.25, 0.3) is 0 Å². The molecule has 0 aliphatic rings. The molecule has 0 aliphatic heterocycles. The van der Waals surface area contributed by atoms with Crippen molar-refractivity contribution in [2.45, 2.75) is 0 Å². The van der Waals surface area contributed by atoms with Gasteiger partial charge in [0, 0.05) is 0 Å². The minimum atomic E-state index is -4.32. The molecule has 266 valence electrons.